The maximum atomic E-state index is 12.2. The first-order chi connectivity index (χ1) is 12.2. The van der Waals surface area contributed by atoms with Crippen molar-refractivity contribution in [1.82, 2.24) is 0 Å². The summed E-state index contributed by atoms with van der Waals surface area (Å²) in [5, 5.41) is 20.4. The molecule has 0 amide bonds. The molecule has 0 fully saturated rings. The van der Waals surface area contributed by atoms with Crippen molar-refractivity contribution in [2.45, 2.75) is 26.4 Å². The molecule has 0 aliphatic rings. The Balaban J connectivity index is 2.09. The van der Waals surface area contributed by atoms with Crippen LogP contribution in [0.4, 0.5) is 0 Å². The summed E-state index contributed by atoms with van der Waals surface area (Å²) < 4.78 is 10.8. The van der Waals surface area contributed by atoms with E-state index in [1.165, 1.54) is 12.1 Å². The van der Waals surface area contributed by atoms with E-state index in [4.69, 9.17) is 20.8 Å². The standard InChI is InChI=1S/C20H16ClNO4/c1-20(2,3)26-19(24)14-5-4-12(8-16(14)23)15-7-11(10-22)6-13-9-17(21)25-18(13)15/h4-9,23H,1-3H3. The van der Waals surface area contributed by atoms with Crippen molar-refractivity contribution < 1.29 is 19.1 Å². The van der Waals surface area contributed by atoms with E-state index in [-0.39, 0.29) is 16.5 Å². The Hall–Kier alpha value is -2.97. The van der Waals surface area contributed by atoms with Crippen molar-refractivity contribution >= 4 is 28.5 Å². The molecule has 6 heteroatoms. The molecule has 0 aliphatic carbocycles. The first-order valence-electron chi connectivity index (χ1n) is 7.88. The Kier molecular flexibility index (Phi) is 4.39. The van der Waals surface area contributed by atoms with Crippen LogP contribution in [0.2, 0.25) is 5.22 Å². The maximum absolute atomic E-state index is 12.2. The molecule has 0 radical (unpaired) electrons. The molecule has 0 unspecified atom stereocenters. The molecule has 0 spiro atoms. The minimum Gasteiger partial charge on any atom is -0.507 e. The molecule has 1 heterocycles. The number of carbonyl (C=O) groups is 1. The van der Waals surface area contributed by atoms with Gasteiger partial charge in [0.1, 0.15) is 22.5 Å². The first kappa shape index (κ1) is 17.8. The molecule has 1 N–H and O–H groups in total. The number of aromatic hydroxyl groups is 1. The number of fused-ring (bicyclic) bond motifs is 1. The predicted molar refractivity (Wildman–Crippen MR) is 98.2 cm³/mol. The third kappa shape index (κ3) is 3.51. The highest BCUT2D eigenvalue weighted by molar-refractivity contribution is 6.30. The lowest BCUT2D eigenvalue weighted by atomic mass is 9.99. The van der Waals surface area contributed by atoms with Crippen molar-refractivity contribution in [2.75, 3.05) is 0 Å². The quantitative estimate of drug-likeness (QED) is 0.621. The molecule has 2 aromatic carbocycles. The summed E-state index contributed by atoms with van der Waals surface area (Å²) in [7, 11) is 0. The Bertz CT molecular complexity index is 1050. The molecule has 132 valence electrons. The lowest BCUT2D eigenvalue weighted by molar-refractivity contribution is 0.00668. The molecule has 3 aromatic rings. The number of benzene rings is 2. The number of phenolic OH excluding ortho intramolecular Hbond substituents is 1. The van der Waals surface area contributed by atoms with E-state index in [0.29, 0.717) is 27.7 Å². The number of halogens is 1. The Morgan fingerprint density at radius 2 is 1.96 bits per heavy atom. The summed E-state index contributed by atoms with van der Waals surface area (Å²) in [6.07, 6.45) is 0. The third-order valence-electron chi connectivity index (χ3n) is 3.64. The second kappa shape index (κ2) is 6.40. The van der Waals surface area contributed by atoms with Gasteiger partial charge in [0.15, 0.2) is 5.22 Å². The second-order valence-corrected chi connectivity index (χ2v) is 7.21. The second-order valence-electron chi connectivity index (χ2n) is 6.84. The Labute approximate surface area is 155 Å². The largest absolute Gasteiger partial charge is 0.507 e. The molecule has 0 atom stereocenters. The monoisotopic (exact) mass is 369 g/mol. The summed E-state index contributed by atoms with van der Waals surface area (Å²) in [6.45, 7) is 5.25. The van der Waals surface area contributed by atoms with Gasteiger partial charge >= 0.3 is 5.97 Å². The lowest BCUT2D eigenvalue weighted by Crippen LogP contribution is -2.23. The number of ether oxygens (including phenoxy) is 1. The van der Waals surface area contributed by atoms with Crippen LogP contribution in [-0.4, -0.2) is 16.7 Å². The van der Waals surface area contributed by atoms with E-state index >= 15 is 0 Å². The van der Waals surface area contributed by atoms with Gasteiger partial charge in [0.25, 0.3) is 0 Å². The van der Waals surface area contributed by atoms with Crippen LogP contribution < -0.4 is 0 Å². The van der Waals surface area contributed by atoms with Crippen LogP contribution >= 0.6 is 11.6 Å². The van der Waals surface area contributed by atoms with Gasteiger partial charge in [0, 0.05) is 17.0 Å². The minimum atomic E-state index is -0.666. The average molecular weight is 370 g/mol. The zero-order chi connectivity index (χ0) is 19.1. The van der Waals surface area contributed by atoms with E-state index in [1.54, 1.807) is 45.0 Å². The topological polar surface area (TPSA) is 83.5 Å². The van der Waals surface area contributed by atoms with Crippen LogP contribution in [0, 0.1) is 11.3 Å². The molecular weight excluding hydrogens is 354 g/mol. The van der Waals surface area contributed by atoms with E-state index in [0.717, 1.165) is 0 Å². The molecule has 26 heavy (non-hydrogen) atoms. The molecule has 0 saturated heterocycles. The van der Waals surface area contributed by atoms with Gasteiger partial charge in [0.05, 0.1) is 11.6 Å². The van der Waals surface area contributed by atoms with Gasteiger partial charge in [-0.3, -0.25) is 0 Å². The highest BCUT2D eigenvalue weighted by Gasteiger charge is 2.21. The van der Waals surface area contributed by atoms with Crippen molar-refractivity contribution in [1.29, 1.82) is 5.26 Å². The van der Waals surface area contributed by atoms with Crippen LogP contribution in [-0.2, 0) is 4.74 Å². The summed E-state index contributed by atoms with van der Waals surface area (Å²) in [6, 6.07) is 11.6. The molecule has 1 aromatic heterocycles. The molecule has 0 aliphatic heterocycles. The number of nitriles is 1. The van der Waals surface area contributed by atoms with Crippen LogP contribution in [0.1, 0.15) is 36.7 Å². The number of phenols is 1. The van der Waals surface area contributed by atoms with Gasteiger partial charge in [-0.1, -0.05) is 6.07 Å². The maximum Gasteiger partial charge on any atom is 0.342 e. The average Bonchev–Trinajstić information content (AvgIpc) is 2.91. The van der Waals surface area contributed by atoms with E-state index in [2.05, 4.69) is 6.07 Å². The van der Waals surface area contributed by atoms with Crippen LogP contribution in [0.15, 0.2) is 40.8 Å². The van der Waals surface area contributed by atoms with Gasteiger partial charge in [-0.2, -0.15) is 5.26 Å². The molecule has 5 nitrogen and oxygen atoms in total. The van der Waals surface area contributed by atoms with Crippen LogP contribution in [0.25, 0.3) is 22.1 Å². The van der Waals surface area contributed by atoms with Gasteiger partial charge < -0.3 is 14.3 Å². The number of carbonyl (C=O) groups excluding carboxylic acids is 1. The van der Waals surface area contributed by atoms with E-state index < -0.39 is 11.6 Å². The van der Waals surface area contributed by atoms with Crippen molar-refractivity contribution in [3.05, 3.63) is 52.7 Å². The van der Waals surface area contributed by atoms with Crippen molar-refractivity contribution in [2.24, 2.45) is 0 Å². The van der Waals surface area contributed by atoms with Gasteiger partial charge in [-0.25, -0.2) is 4.79 Å². The number of hydrogen-bond donors (Lipinski definition) is 1. The summed E-state index contributed by atoms with van der Waals surface area (Å²) in [5.74, 6) is -0.830. The highest BCUT2D eigenvalue weighted by atomic mass is 35.5. The molecular formula is C20H16ClNO4. The number of rotatable bonds is 2. The SMILES string of the molecule is CC(C)(C)OC(=O)c1ccc(-c2cc(C#N)cc3cc(Cl)oc23)cc1O. The zero-order valence-corrected chi connectivity index (χ0v) is 15.2. The Morgan fingerprint density at radius 1 is 1.23 bits per heavy atom. The summed E-state index contributed by atoms with van der Waals surface area (Å²) in [5.41, 5.74) is 1.51. The first-order valence-corrected chi connectivity index (χ1v) is 8.25. The van der Waals surface area contributed by atoms with Crippen LogP contribution in [0.5, 0.6) is 5.75 Å². The molecule has 0 bridgehead atoms. The fourth-order valence-electron chi connectivity index (χ4n) is 2.61. The predicted octanol–water partition coefficient (Wildman–Crippen LogP) is 5.29. The highest BCUT2D eigenvalue weighted by Crippen LogP contribution is 2.36. The van der Waals surface area contributed by atoms with Crippen molar-refractivity contribution in [3.8, 4) is 22.9 Å². The third-order valence-corrected chi connectivity index (χ3v) is 3.83. The smallest absolute Gasteiger partial charge is 0.342 e. The lowest BCUT2D eigenvalue weighted by Gasteiger charge is -2.20. The van der Waals surface area contributed by atoms with Gasteiger partial charge in [0.2, 0.25) is 0 Å². The molecule has 0 saturated carbocycles. The van der Waals surface area contributed by atoms with Crippen LogP contribution in [0.3, 0.4) is 0 Å². The van der Waals surface area contributed by atoms with Gasteiger partial charge in [-0.15, -0.1) is 0 Å². The minimum absolute atomic E-state index is 0.0637. The van der Waals surface area contributed by atoms with Gasteiger partial charge in [-0.05, 0) is 62.2 Å². The summed E-state index contributed by atoms with van der Waals surface area (Å²) >= 11 is 5.94. The normalized spacial score (nSPS) is 11.3. The van der Waals surface area contributed by atoms with E-state index in [1.807, 2.05) is 0 Å². The fraction of sp³-hybridized carbons (Fsp3) is 0.200. The number of esters is 1. The fourth-order valence-corrected chi connectivity index (χ4v) is 2.80. The molecule has 3 rings (SSSR count). The number of furan rings is 1. The van der Waals surface area contributed by atoms with Crippen molar-refractivity contribution in [3.63, 3.8) is 0 Å². The Morgan fingerprint density at radius 3 is 2.58 bits per heavy atom. The summed E-state index contributed by atoms with van der Waals surface area (Å²) in [4.78, 5) is 12.2. The number of hydrogen-bond acceptors (Lipinski definition) is 5. The zero-order valence-electron chi connectivity index (χ0n) is 14.5. The number of nitrogens with zero attached hydrogens (tertiary/aromatic N) is 1. The van der Waals surface area contributed by atoms with E-state index in [9.17, 15) is 15.2 Å².